The van der Waals surface area contributed by atoms with E-state index in [4.69, 9.17) is 19.2 Å². The molecule has 0 fully saturated rings. The van der Waals surface area contributed by atoms with E-state index in [0.717, 1.165) is 27.6 Å². The number of aromatic nitrogens is 2. The van der Waals surface area contributed by atoms with Crippen molar-refractivity contribution in [1.29, 1.82) is 0 Å². The Labute approximate surface area is 207 Å². The predicted octanol–water partition coefficient (Wildman–Crippen LogP) is 4.08. The van der Waals surface area contributed by atoms with Crippen LogP contribution in [0, 0.1) is 0 Å². The van der Waals surface area contributed by atoms with Gasteiger partial charge in [-0.15, -0.1) is 0 Å². The molecule has 0 aliphatic carbocycles. The fourth-order valence-corrected chi connectivity index (χ4v) is 3.38. The van der Waals surface area contributed by atoms with E-state index in [-0.39, 0.29) is 19.1 Å². The van der Waals surface area contributed by atoms with Gasteiger partial charge in [0.25, 0.3) is 0 Å². The Morgan fingerprint density at radius 1 is 0.667 bits per heavy atom. The van der Waals surface area contributed by atoms with Gasteiger partial charge in [-0.2, -0.15) is 4.98 Å². The van der Waals surface area contributed by atoms with Gasteiger partial charge < -0.3 is 23.7 Å². The van der Waals surface area contributed by atoms with Crippen molar-refractivity contribution in [2.45, 2.75) is 0 Å². The lowest BCUT2D eigenvalue weighted by molar-refractivity contribution is -0.143. The lowest BCUT2D eigenvalue weighted by Gasteiger charge is -2.11. The minimum atomic E-state index is -0.517. The van der Waals surface area contributed by atoms with Crippen molar-refractivity contribution in [3.05, 3.63) is 66.7 Å². The van der Waals surface area contributed by atoms with Crippen molar-refractivity contribution in [2.75, 3.05) is 34.5 Å². The first kappa shape index (κ1) is 24.5. The van der Waals surface area contributed by atoms with Crippen LogP contribution in [0.5, 0.6) is 17.4 Å². The number of ether oxygens (including phenoxy) is 5. The van der Waals surface area contributed by atoms with Crippen molar-refractivity contribution in [2.24, 2.45) is 0 Å². The highest BCUT2D eigenvalue weighted by Gasteiger charge is 2.13. The van der Waals surface area contributed by atoms with Crippen molar-refractivity contribution >= 4 is 22.7 Å². The summed E-state index contributed by atoms with van der Waals surface area (Å²) in [6.07, 6.45) is 0. The third-order valence-electron chi connectivity index (χ3n) is 5.31. The van der Waals surface area contributed by atoms with E-state index in [1.807, 2.05) is 54.6 Å². The first-order valence-corrected chi connectivity index (χ1v) is 11.0. The quantitative estimate of drug-likeness (QED) is 0.322. The molecule has 0 bridgehead atoms. The van der Waals surface area contributed by atoms with Crippen molar-refractivity contribution < 1.29 is 33.3 Å². The largest absolute Gasteiger partial charge is 0.497 e. The SMILES string of the molecule is COC(=O)COc1ccc2cc(-c3nc(OCC(=O)OC)cc(-c4ccc(OC)cc4)n3)ccc2c1. The third kappa shape index (κ3) is 5.87. The van der Waals surface area contributed by atoms with Gasteiger partial charge in [-0.05, 0) is 53.2 Å². The highest BCUT2D eigenvalue weighted by atomic mass is 16.6. The molecule has 9 nitrogen and oxygen atoms in total. The molecular formula is C27H24N2O7. The maximum absolute atomic E-state index is 11.6. The van der Waals surface area contributed by atoms with E-state index in [0.29, 0.717) is 17.3 Å². The van der Waals surface area contributed by atoms with Gasteiger partial charge in [-0.3, -0.25) is 0 Å². The van der Waals surface area contributed by atoms with Crippen LogP contribution in [0.3, 0.4) is 0 Å². The molecule has 1 heterocycles. The monoisotopic (exact) mass is 488 g/mol. The van der Waals surface area contributed by atoms with Gasteiger partial charge in [0.2, 0.25) is 5.88 Å². The number of hydrogen-bond donors (Lipinski definition) is 0. The molecule has 184 valence electrons. The lowest BCUT2D eigenvalue weighted by atomic mass is 10.1. The van der Waals surface area contributed by atoms with Gasteiger partial charge in [0.05, 0.1) is 27.0 Å². The molecule has 0 atom stereocenters. The first-order chi connectivity index (χ1) is 17.5. The number of methoxy groups -OCH3 is 3. The molecule has 0 aliphatic heterocycles. The molecule has 4 rings (SSSR count). The van der Waals surface area contributed by atoms with E-state index in [1.54, 1.807) is 19.2 Å². The molecule has 0 N–H and O–H groups in total. The molecule has 36 heavy (non-hydrogen) atoms. The minimum Gasteiger partial charge on any atom is -0.497 e. The smallest absolute Gasteiger partial charge is 0.343 e. The Hall–Kier alpha value is -4.66. The number of rotatable bonds is 9. The molecule has 9 heteroatoms. The molecule has 0 aliphatic rings. The molecule has 4 aromatic rings. The Bertz CT molecular complexity index is 1390. The van der Waals surface area contributed by atoms with Crippen LogP contribution >= 0.6 is 0 Å². The molecule has 0 saturated heterocycles. The number of benzene rings is 3. The van der Waals surface area contributed by atoms with E-state index < -0.39 is 11.9 Å². The predicted molar refractivity (Wildman–Crippen MR) is 132 cm³/mol. The van der Waals surface area contributed by atoms with Gasteiger partial charge in [0.15, 0.2) is 19.0 Å². The summed E-state index contributed by atoms with van der Waals surface area (Å²) in [6, 6.07) is 20.3. The highest BCUT2D eigenvalue weighted by molar-refractivity contribution is 5.88. The Balaban J connectivity index is 1.68. The zero-order valence-corrected chi connectivity index (χ0v) is 20.0. The molecule has 1 aromatic heterocycles. The number of carbonyl (C=O) groups is 2. The fraction of sp³-hybridized carbons (Fsp3) is 0.185. The van der Waals surface area contributed by atoms with Crippen LogP contribution in [0.4, 0.5) is 0 Å². The van der Waals surface area contributed by atoms with Crippen LogP contribution in [-0.2, 0) is 19.1 Å². The standard InChI is InChI=1S/C27H24N2O7/c1-32-21-9-6-17(7-10-21)23-14-24(36-16-26(31)34-3)29-27(28-23)20-5-4-19-13-22(11-8-18(19)12-20)35-15-25(30)33-2/h4-14H,15-16H2,1-3H3. The minimum absolute atomic E-state index is 0.166. The number of fused-ring (bicyclic) bond motifs is 1. The second-order valence-corrected chi connectivity index (χ2v) is 7.60. The number of hydrogen-bond acceptors (Lipinski definition) is 9. The summed E-state index contributed by atoms with van der Waals surface area (Å²) in [6.45, 7) is -0.443. The molecule has 3 aromatic carbocycles. The van der Waals surface area contributed by atoms with Crippen LogP contribution in [-0.4, -0.2) is 56.4 Å². The maximum Gasteiger partial charge on any atom is 0.343 e. The average Bonchev–Trinajstić information content (AvgIpc) is 2.94. The summed E-state index contributed by atoms with van der Waals surface area (Å²) >= 11 is 0. The van der Waals surface area contributed by atoms with Crippen molar-refractivity contribution in [3.63, 3.8) is 0 Å². The lowest BCUT2D eigenvalue weighted by Crippen LogP contribution is -2.13. The van der Waals surface area contributed by atoms with Gasteiger partial charge >= 0.3 is 11.9 Å². The van der Waals surface area contributed by atoms with Crippen LogP contribution in [0.15, 0.2) is 66.7 Å². The number of carbonyl (C=O) groups excluding carboxylic acids is 2. The van der Waals surface area contributed by atoms with Crippen molar-refractivity contribution in [3.8, 4) is 40.0 Å². The van der Waals surface area contributed by atoms with Crippen LogP contribution in [0.1, 0.15) is 0 Å². The zero-order chi connectivity index (χ0) is 25.5. The fourth-order valence-electron chi connectivity index (χ4n) is 3.38. The van der Waals surface area contributed by atoms with E-state index >= 15 is 0 Å². The highest BCUT2D eigenvalue weighted by Crippen LogP contribution is 2.29. The second kappa shape index (κ2) is 11.2. The van der Waals surface area contributed by atoms with E-state index in [1.165, 1.54) is 14.2 Å². The molecule has 0 spiro atoms. The molecule has 0 amide bonds. The zero-order valence-electron chi connectivity index (χ0n) is 20.0. The summed E-state index contributed by atoms with van der Waals surface area (Å²) in [5.74, 6) is 0.970. The molecule has 0 unspecified atom stereocenters. The second-order valence-electron chi connectivity index (χ2n) is 7.60. The van der Waals surface area contributed by atoms with Gasteiger partial charge in [0.1, 0.15) is 11.5 Å². The molecular weight excluding hydrogens is 464 g/mol. The number of esters is 2. The van der Waals surface area contributed by atoms with Crippen LogP contribution < -0.4 is 14.2 Å². The van der Waals surface area contributed by atoms with Gasteiger partial charge in [0, 0.05) is 17.2 Å². The van der Waals surface area contributed by atoms with Crippen molar-refractivity contribution in [1.82, 2.24) is 9.97 Å². The topological polar surface area (TPSA) is 106 Å². The molecule has 0 saturated carbocycles. The van der Waals surface area contributed by atoms with E-state index in [2.05, 4.69) is 14.5 Å². The first-order valence-electron chi connectivity index (χ1n) is 11.0. The summed E-state index contributed by atoms with van der Waals surface area (Å²) in [5.41, 5.74) is 2.20. The average molecular weight is 488 g/mol. The summed E-state index contributed by atoms with van der Waals surface area (Å²) in [4.78, 5) is 32.2. The summed E-state index contributed by atoms with van der Waals surface area (Å²) in [7, 11) is 4.20. The summed E-state index contributed by atoms with van der Waals surface area (Å²) < 4.78 is 25.6. The van der Waals surface area contributed by atoms with Crippen LogP contribution in [0.25, 0.3) is 33.4 Å². The van der Waals surface area contributed by atoms with Gasteiger partial charge in [-0.25, -0.2) is 14.6 Å². The normalized spacial score (nSPS) is 10.5. The number of nitrogens with zero attached hydrogens (tertiary/aromatic N) is 2. The molecule has 0 radical (unpaired) electrons. The van der Waals surface area contributed by atoms with E-state index in [9.17, 15) is 9.59 Å². The third-order valence-corrected chi connectivity index (χ3v) is 5.31. The van der Waals surface area contributed by atoms with Gasteiger partial charge in [-0.1, -0.05) is 18.2 Å². The van der Waals surface area contributed by atoms with Crippen LogP contribution in [0.2, 0.25) is 0 Å². The Kier molecular flexibility index (Phi) is 7.60. The Morgan fingerprint density at radius 2 is 1.28 bits per heavy atom. The summed E-state index contributed by atoms with van der Waals surface area (Å²) in [5, 5.41) is 1.84. The maximum atomic E-state index is 11.6. The Morgan fingerprint density at radius 3 is 1.97 bits per heavy atom.